The van der Waals surface area contributed by atoms with Crippen LogP contribution >= 0.6 is 0 Å². The van der Waals surface area contributed by atoms with Gasteiger partial charge in [-0.2, -0.15) is 0 Å². The molecular weight excluding hydrogens is 156 g/mol. The van der Waals surface area contributed by atoms with Crippen molar-refractivity contribution in [2.45, 2.75) is 6.92 Å². The third-order valence-corrected chi connectivity index (χ3v) is 2.00. The predicted octanol–water partition coefficient (Wildman–Crippen LogP) is -0.953. The number of piperazine rings is 1. The molecule has 0 aromatic rings. The lowest BCUT2D eigenvalue weighted by molar-refractivity contribution is -0.124. The summed E-state index contributed by atoms with van der Waals surface area (Å²) in [5.41, 5.74) is 0. The fourth-order valence-corrected chi connectivity index (χ4v) is 1.35. The molecule has 1 amide bonds. The number of amides is 1. The molecule has 0 spiro atoms. The summed E-state index contributed by atoms with van der Waals surface area (Å²) in [6, 6.07) is 0. The number of carbonyl (C=O) groups excluding carboxylic acids is 1. The smallest absolute Gasteiger partial charge is 0.234 e. The molecule has 0 bridgehead atoms. The van der Waals surface area contributed by atoms with Crippen LogP contribution in [0.1, 0.15) is 6.92 Å². The van der Waals surface area contributed by atoms with Crippen LogP contribution in [-0.2, 0) is 4.79 Å². The Kier molecular flexibility index (Phi) is 3.49. The Balaban J connectivity index is 2.27. The quantitative estimate of drug-likeness (QED) is 0.577. The highest BCUT2D eigenvalue weighted by Gasteiger charge is 2.17. The molecule has 4 heteroatoms. The first kappa shape index (κ1) is 9.48. The summed E-state index contributed by atoms with van der Waals surface area (Å²) in [5.74, 6) is 0.349. The van der Waals surface area contributed by atoms with Crippen LogP contribution in [0, 0.1) is 5.92 Å². The molecule has 0 saturated carbocycles. The minimum atomic E-state index is 0.0892. The SMILES string of the molecule is CC(CO)CN1CCNC(=O)C1. The number of carbonyl (C=O) groups is 1. The number of nitrogens with one attached hydrogen (secondary N) is 1. The van der Waals surface area contributed by atoms with Crippen molar-refractivity contribution < 1.29 is 9.90 Å². The molecule has 0 aromatic heterocycles. The van der Waals surface area contributed by atoms with Crippen molar-refractivity contribution in [3.63, 3.8) is 0 Å². The number of aliphatic hydroxyl groups is 1. The average molecular weight is 172 g/mol. The van der Waals surface area contributed by atoms with E-state index in [1.54, 1.807) is 0 Å². The van der Waals surface area contributed by atoms with Crippen LogP contribution < -0.4 is 5.32 Å². The van der Waals surface area contributed by atoms with Crippen molar-refractivity contribution in [1.82, 2.24) is 10.2 Å². The molecule has 1 aliphatic rings. The van der Waals surface area contributed by atoms with Gasteiger partial charge in [-0.25, -0.2) is 0 Å². The summed E-state index contributed by atoms with van der Waals surface area (Å²) in [4.78, 5) is 13.0. The van der Waals surface area contributed by atoms with Gasteiger partial charge in [-0.15, -0.1) is 0 Å². The van der Waals surface area contributed by atoms with Gasteiger partial charge < -0.3 is 10.4 Å². The second-order valence-corrected chi connectivity index (χ2v) is 3.37. The molecule has 1 fully saturated rings. The van der Waals surface area contributed by atoms with Crippen molar-refractivity contribution in [2.24, 2.45) is 5.92 Å². The first-order chi connectivity index (χ1) is 5.72. The highest BCUT2D eigenvalue weighted by Crippen LogP contribution is 2.00. The zero-order valence-electron chi connectivity index (χ0n) is 7.42. The lowest BCUT2D eigenvalue weighted by Crippen LogP contribution is -2.49. The summed E-state index contributed by atoms with van der Waals surface area (Å²) in [6.45, 7) is 5.09. The molecule has 12 heavy (non-hydrogen) atoms. The van der Waals surface area contributed by atoms with Crippen LogP contribution in [0.15, 0.2) is 0 Å². The summed E-state index contributed by atoms with van der Waals surface area (Å²) < 4.78 is 0. The monoisotopic (exact) mass is 172 g/mol. The minimum absolute atomic E-state index is 0.0892. The Morgan fingerprint density at radius 3 is 3.08 bits per heavy atom. The van der Waals surface area contributed by atoms with Crippen LogP contribution in [0.2, 0.25) is 0 Å². The molecule has 0 radical (unpaired) electrons. The fraction of sp³-hybridized carbons (Fsp3) is 0.875. The van der Waals surface area contributed by atoms with Crippen molar-refractivity contribution in [3.05, 3.63) is 0 Å². The second-order valence-electron chi connectivity index (χ2n) is 3.37. The molecule has 1 saturated heterocycles. The predicted molar refractivity (Wildman–Crippen MR) is 45.7 cm³/mol. The summed E-state index contributed by atoms with van der Waals surface area (Å²) in [6.07, 6.45) is 0. The number of nitrogens with zero attached hydrogens (tertiary/aromatic N) is 1. The van der Waals surface area contributed by atoms with Crippen LogP contribution in [0.4, 0.5) is 0 Å². The number of hydrogen-bond acceptors (Lipinski definition) is 3. The molecule has 70 valence electrons. The lowest BCUT2D eigenvalue weighted by Gasteiger charge is -2.28. The van der Waals surface area contributed by atoms with Crippen molar-refractivity contribution >= 4 is 5.91 Å². The van der Waals surface area contributed by atoms with Gasteiger partial charge in [0.15, 0.2) is 0 Å². The third-order valence-electron chi connectivity index (χ3n) is 2.00. The highest BCUT2D eigenvalue weighted by atomic mass is 16.3. The van der Waals surface area contributed by atoms with E-state index in [2.05, 4.69) is 10.2 Å². The number of hydrogen-bond donors (Lipinski definition) is 2. The van der Waals surface area contributed by atoms with Crippen LogP contribution in [0.25, 0.3) is 0 Å². The van der Waals surface area contributed by atoms with Gasteiger partial charge in [-0.05, 0) is 5.92 Å². The summed E-state index contributed by atoms with van der Waals surface area (Å²) >= 11 is 0. The maximum atomic E-state index is 10.9. The minimum Gasteiger partial charge on any atom is -0.396 e. The van der Waals surface area contributed by atoms with Gasteiger partial charge >= 0.3 is 0 Å². The van der Waals surface area contributed by atoms with E-state index < -0.39 is 0 Å². The van der Waals surface area contributed by atoms with Gasteiger partial charge in [0.25, 0.3) is 0 Å². The van der Waals surface area contributed by atoms with Crippen LogP contribution in [-0.4, -0.2) is 48.7 Å². The van der Waals surface area contributed by atoms with Gasteiger partial charge in [0.1, 0.15) is 0 Å². The molecule has 0 aliphatic carbocycles. The van der Waals surface area contributed by atoms with Gasteiger partial charge in [0.2, 0.25) is 5.91 Å². The Morgan fingerprint density at radius 2 is 2.50 bits per heavy atom. The fourth-order valence-electron chi connectivity index (χ4n) is 1.35. The Hall–Kier alpha value is -0.610. The van der Waals surface area contributed by atoms with E-state index in [1.165, 1.54) is 0 Å². The van der Waals surface area contributed by atoms with E-state index in [0.29, 0.717) is 6.54 Å². The van der Waals surface area contributed by atoms with E-state index in [9.17, 15) is 4.79 Å². The largest absolute Gasteiger partial charge is 0.396 e. The molecule has 0 aromatic carbocycles. The highest BCUT2D eigenvalue weighted by molar-refractivity contribution is 5.78. The summed E-state index contributed by atoms with van der Waals surface area (Å²) in [5, 5.41) is 11.6. The Morgan fingerprint density at radius 1 is 1.75 bits per heavy atom. The zero-order valence-corrected chi connectivity index (χ0v) is 7.42. The van der Waals surface area contributed by atoms with Crippen molar-refractivity contribution in [3.8, 4) is 0 Å². The maximum Gasteiger partial charge on any atom is 0.234 e. The van der Waals surface area contributed by atoms with Gasteiger partial charge in [0, 0.05) is 26.2 Å². The maximum absolute atomic E-state index is 10.9. The molecule has 4 nitrogen and oxygen atoms in total. The van der Waals surface area contributed by atoms with Crippen LogP contribution in [0.3, 0.4) is 0 Å². The van der Waals surface area contributed by atoms with E-state index in [1.807, 2.05) is 6.92 Å². The average Bonchev–Trinajstić information content (AvgIpc) is 2.04. The first-order valence-corrected chi connectivity index (χ1v) is 4.32. The lowest BCUT2D eigenvalue weighted by atomic mass is 10.2. The zero-order chi connectivity index (χ0) is 8.97. The molecule has 1 rings (SSSR count). The summed E-state index contributed by atoms with van der Waals surface area (Å²) in [7, 11) is 0. The Bertz CT molecular complexity index is 161. The molecular formula is C8H16N2O2. The molecule has 1 aliphatic heterocycles. The molecule has 1 unspecified atom stereocenters. The van der Waals surface area contributed by atoms with E-state index in [0.717, 1.165) is 19.6 Å². The topological polar surface area (TPSA) is 52.6 Å². The molecule has 2 N–H and O–H groups in total. The number of rotatable bonds is 3. The molecule has 1 atom stereocenters. The Labute approximate surface area is 72.6 Å². The van der Waals surface area contributed by atoms with Crippen molar-refractivity contribution in [1.29, 1.82) is 0 Å². The second kappa shape index (κ2) is 4.42. The molecule has 1 heterocycles. The van der Waals surface area contributed by atoms with Crippen LogP contribution in [0.5, 0.6) is 0 Å². The third kappa shape index (κ3) is 2.79. The van der Waals surface area contributed by atoms with E-state index in [4.69, 9.17) is 5.11 Å². The van der Waals surface area contributed by atoms with Gasteiger partial charge in [-0.3, -0.25) is 9.69 Å². The standard InChI is InChI=1S/C8H16N2O2/c1-7(6-11)4-10-3-2-9-8(12)5-10/h7,11H,2-6H2,1H3,(H,9,12). The van der Waals surface area contributed by atoms with E-state index in [-0.39, 0.29) is 18.4 Å². The normalized spacial score (nSPS) is 22.0. The number of aliphatic hydroxyl groups excluding tert-OH is 1. The van der Waals surface area contributed by atoms with Gasteiger partial charge in [0.05, 0.1) is 6.54 Å². The van der Waals surface area contributed by atoms with Crippen molar-refractivity contribution in [2.75, 3.05) is 32.8 Å². The van der Waals surface area contributed by atoms with E-state index >= 15 is 0 Å². The first-order valence-electron chi connectivity index (χ1n) is 4.32. The van der Waals surface area contributed by atoms with Gasteiger partial charge in [-0.1, -0.05) is 6.92 Å².